The fraction of sp³-hybridized carbons (Fsp3) is 0.800. The first-order valence-corrected chi connectivity index (χ1v) is 9.39. The summed E-state index contributed by atoms with van der Waals surface area (Å²) >= 11 is 1.75. The van der Waals surface area contributed by atoms with E-state index in [2.05, 4.69) is 15.6 Å². The van der Waals surface area contributed by atoms with Crippen LogP contribution in [0.25, 0.3) is 0 Å². The Bertz CT molecular complexity index is 428. The molecule has 7 nitrogen and oxygen atoms in total. The second-order valence-electron chi connectivity index (χ2n) is 5.70. The van der Waals surface area contributed by atoms with Crippen LogP contribution in [0.2, 0.25) is 0 Å². The third-order valence-corrected chi connectivity index (χ3v) is 4.27. The van der Waals surface area contributed by atoms with Gasteiger partial charge in [0, 0.05) is 51.9 Å². The molecule has 8 heteroatoms. The maximum absolute atomic E-state index is 11.7. The summed E-state index contributed by atoms with van der Waals surface area (Å²) in [7, 11) is 3.44. The molecule has 1 aliphatic heterocycles. The van der Waals surface area contributed by atoms with Gasteiger partial charge >= 0.3 is 0 Å². The molecule has 1 rings (SSSR count). The SMILES string of the molecule is CCC(=O)N1CCC(NC(=NCC(=O)N(C)C)NCCSC)C1. The van der Waals surface area contributed by atoms with E-state index in [9.17, 15) is 9.59 Å². The van der Waals surface area contributed by atoms with E-state index in [1.54, 1.807) is 25.9 Å². The van der Waals surface area contributed by atoms with Crippen LogP contribution in [0.3, 0.4) is 0 Å². The van der Waals surface area contributed by atoms with Gasteiger partial charge in [0.2, 0.25) is 11.8 Å². The molecular weight excluding hydrogens is 314 g/mol. The molecule has 1 heterocycles. The van der Waals surface area contributed by atoms with Crippen LogP contribution in [0.5, 0.6) is 0 Å². The van der Waals surface area contributed by atoms with Gasteiger partial charge < -0.3 is 20.4 Å². The molecule has 2 amide bonds. The van der Waals surface area contributed by atoms with E-state index in [1.165, 1.54) is 4.90 Å². The van der Waals surface area contributed by atoms with Crippen molar-refractivity contribution < 1.29 is 9.59 Å². The van der Waals surface area contributed by atoms with Gasteiger partial charge in [-0.15, -0.1) is 0 Å². The number of carbonyl (C=O) groups is 2. The summed E-state index contributed by atoms with van der Waals surface area (Å²) in [4.78, 5) is 31.2. The second-order valence-corrected chi connectivity index (χ2v) is 6.68. The van der Waals surface area contributed by atoms with Crippen LogP contribution in [0, 0.1) is 0 Å². The molecule has 0 aromatic carbocycles. The molecule has 0 aromatic heterocycles. The minimum absolute atomic E-state index is 0.0369. The predicted molar refractivity (Wildman–Crippen MR) is 95.8 cm³/mol. The maximum Gasteiger partial charge on any atom is 0.243 e. The number of likely N-dealkylation sites (N-methyl/N-ethyl adjacent to an activating group) is 1. The zero-order valence-corrected chi connectivity index (χ0v) is 15.4. The van der Waals surface area contributed by atoms with Crippen LogP contribution in [0.1, 0.15) is 19.8 Å². The van der Waals surface area contributed by atoms with Gasteiger partial charge in [-0.05, 0) is 12.7 Å². The van der Waals surface area contributed by atoms with E-state index in [-0.39, 0.29) is 24.4 Å². The Morgan fingerprint density at radius 2 is 2.13 bits per heavy atom. The number of hydrogen-bond acceptors (Lipinski definition) is 4. The number of thioether (sulfide) groups is 1. The first-order chi connectivity index (χ1) is 11.0. The molecular formula is C15H29N5O2S. The lowest BCUT2D eigenvalue weighted by Gasteiger charge is -2.19. The zero-order valence-electron chi connectivity index (χ0n) is 14.6. The Balaban J connectivity index is 2.57. The summed E-state index contributed by atoms with van der Waals surface area (Å²) in [5.74, 6) is 1.76. The molecule has 0 saturated carbocycles. The number of nitrogens with one attached hydrogen (secondary N) is 2. The van der Waals surface area contributed by atoms with Crippen molar-refractivity contribution in [2.24, 2.45) is 4.99 Å². The lowest BCUT2D eigenvalue weighted by molar-refractivity contribution is -0.130. The first-order valence-electron chi connectivity index (χ1n) is 7.99. The van der Waals surface area contributed by atoms with Crippen LogP contribution in [-0.4, -0.2) is 85.9 Å². The van der Waals surface area contributed by atoms with Crippen molar-refractivity contribution in [1.29, 1.82) is 0 Å². The normalized spacial score (nSPS) is 18.0. The monoisotopic (exact) mass is 343 g/mol. The number of nitrogens with zero attached hydrogens (tertiary/aromatic N) is 3. The van der Waals surface area contributed by atoms with Gasteiger partial charge in [0.05, 0.1) is 0 Å². The van der Waals surface area contributed by atoms with Crippen LogP contribution < -0.4 is 10.6 Å². The minimum Gasteiger partial charge on any atom is -0.356 e. The Morgan fingerprint density at radius 1 is 1.39 bits per heavy atom. The van der Waals surface area contributed by atoms with Gasteiger partial charge in [0.25, 0.3) is 0 Å². The quantitative estimate of drug-likeness (QED) is 0.386. The number of aliphatic imine (C=N–C) groups is 1. The van der Waals surface area contributed by atoms with Crippen molar-refractivity contribution in [2.75, 3.05) is 52.3 Å². The Morgan fingerprint density at radius 3 is 2.74 bits per heavy atom. The standard InChI is InChI=1S/C15H29N5O2S/c1-5-13(21)20-8-6-12(11-20)18-15(16-7-9-23-4)17-10-14(22)19(2)3/h12H,5-11H2,1-4H3,(H2,16,17,18). The van der Waals surface area contributed by atoms with Crippen molar-refractivity contribution in [3.63, 3.8) is 0 Å². The van der Waals surface area contributed by atoms with Crippen LogP contribution in [0.4, 0.5) is 0 Å². The Labute approximate surface area is 143 Å². The molecule has 0 radical (unpaired) electrons. The van der Waals surface area contributed by atoms with Gasteiger partial charge in [-0.1, -0.05) is 6.92 Å². The van der Waals surface area contributed by atoms with Crippen molar-refractivity contribution in [3.05, 3.63) is 0 Å². The fourth-order valence-electron chi connectivity index (χ4n) is 2.23. The minimum atomic E-state index is -0.0369. The lowest BCUT2D eigenvalue weighted by atomic mass is 10.3. The third kappa shape index (κ3) is 7.11. The average molecular weight is 343 g/mol. The molecule has 0 aromatic rings. The Kier molecular flexibility index (Phi) is 8.83. The van der Waals surface area contributed by atoms with Crippen molar-refractivity contribution in [3.8, 4) is 0 Å². The average Bonchev–Trinajstić information content (AvgIpc) is 2.99. The van der Waals surface area contributed by atoms with Gasteiger partial charge in [-0.3, -0.25) is 9.59 Å². The van der Waals surface area contributed by atoms with Crippen LogP contribution in [0.15, 0.2) is 4.99 Å². The van der Waals surface area contributed by atoms with E-state index in [0.29, 0.717) is 18.9 Å². The third-order valence-electron chi connectivity index (χ3n) is 3.65. The number of likely N-dealkylation sites (tertiary alicyclic amines) is 1. The zero-order chi connectivity index (χ0) is 17.2. The molecule has 0 bridgehead atoms. The number of guanidine groups is 1. The van der Waals surface area contributed by atoms with E-state index in [4.69, 9.17) is 0 Å². The van der Waals surface area contributed by atoms with Gasteiger partial charge in [-0.2, -0.15) is 11.8 Å². The number of carbonyl (C=O) groups excluding carboxylic acids is 2. The molecule has 23 heavy (non-hydrogen) atoms. The highest BCUT2D eigenvalue weighted by atomic mass is 32.2. The van der Waals surface area contributed by atoms with Gasteiger partial charge in [-0.25, -0.2) is 4.99 Å². The molecule has 0 spiro atoms. The molecule has 2 N–H and O–H groups in total. The van der Waals surface area contributed by atoms with E-state index >= 15 is 0 Å². The molecule has 0 aliphatic carbocycles. The predicted octanol–water partition coefficient (Wildman–Crippen LogP) is -0.0163. The smallest absolute Gasteiger partial charge is 0.243 e. The highest BCUT2D eigenvalue weighted by Gasteiger charge is 2.25. The molecule has 132 valence electrons. The summed E-state index contributed by atoms with van der Waals surface area (Å²) in [6.07, 6.45) is 3.49. The molecule has 1 saturated heterocycles. The fourth-order valence-corrected chi connectivity index (χ4v) is 2.54. The highest BCUT2D eigenvalue weighted by Crippen LogP contribution is 2.10. The Hall–Kier alpha value is -1.44. The summed E-state index contributed by atoms with van der Waals surface area (Å²) in [5, 5.41) is 6.59. The summed E-state index contributed by atoms with van der Waals surface area (Å²) in [5.41, 5.74) is 0. The van der Waals surface area contributed by atoms with Gasteiger partial charge in [0.15, 0.2) is 5.96 Å². The highest BCUT2D eigenvalue weighted by molar-refractivity contribution is 7.98. The van der Waals surface area contributed by atoms with E-state index in [0.717, 1.165) is 25.3 Å². The van der Waals surface area contributed by atoms with Crippen molar-refractivity contribution in [2.45, 2.75) is 25.8 Å². The van der Waals surface area contributed by atoms with E-state index < -0.39 is 0 Å². The van der Waals surface area contributed by atoms with Gasteiger partial charge in [0.1, 0.15) is 6.54 Å². The van der Waals surface area contributed by atoms with Crippen LogP contribution in [-0.2, 0) is 9.59 Å². The van der Waals surface area contributed by atoms with Crippen molar-refractivity contribution >= 4 is 29.5 Å². The number of rotatable bonds is 7. The molecule has 1 unspecified atom stereocenters. The number of amides is 2. The largest absolute Gasteiger partial charge is 0.356 e. The second kappa shape index (κ2) is 10.4. The molecule has 1 atom stereocenters. The summed E-state index contributed by atoms with van der Waals surface area (Å²) in [6.45, 7) is 4.25. The molecule has 1 aliphatic rings. The number of hydrogen-bond donors (Lipinski definition) is 2. The maximum atomic E-state index is 11.7. The summed E-state index contributed by atoms with van der Waals surface area (Å²) < 4.78 is 0. The first kappa shape index (κ1) is 19.6. The van der Waals surface area contributed by atoms with E-state index in [1.807, 2.05) is 18.1 Å². The lowest BCUT2D eigenvalue weighted by Crippen LogP contribution is -2.46. The summed E-state index contributed by atoms with van der Waals surface area (Å²) in [6, 6.07) is 0.181. The van der Waals surface area contributed by atoms with Crippen molar-refractivity contribution in [1.82, 2.24) is 20.4 Å². The topological polar surface area (TPSA) is 77.0 Å². The molecule has 1 fully saturated rings. The van der Waals surface area contributed by atoms with Crippen LogP contribution >= 0.6 is 11.8 Å².